The fraction of sp³-hybridized carbons (Fsp3) is 0.600. The monoisotopic (exact) mass is 340 g/mol. The van der Waals surface area contributed by atoms with E-state index >= 15 is 0 Å². The molecule has 0 amide bonds. The predicted molar refractivity (Wildman–Crippen MR) is 82.3 cm³/mol. The zero-order chi connectivity index (χ0) is 14.1. The van der Waals surface area contributed by atoms with Crippen molar-refractivity contribution in [2.45, 2.75) is 18.9 Å². The van der Waals surface area contributed by atoms with Crippen LogP contribution in [-0.2, 0) is 0 Å². The molecule has 4 nitrogen and oxygen atoms in total. The van der Waals surface area contributed by atoms with E-state index in [1.807, 2.05) is 12.1 Å². The number of nitrogens with one attached hydrogen (secondary N) is 1. The summed E-state index contributed by atoms with van der Waals surface area (Å²) in [5.74, 6) is 1.82. The minimum Gasteiger partial charge on any atom is -0.506 e. The Morgan fingerprint density at radius 2 is 2.05 bits per heavy atom. The van der Waals surface area contributed by atoms with Gasteiger partial charge in [0, 0.05) is 37.8 Å². The van der Waals surface area contributed by atoms with E-state index in [0.717, 1.165) is 37.5 Å². The van der Waals surface area contributed by atoms with Gasteiger partial charge in [0.1, 0.15) is 11.5 Å². The summed E-state index contributed by atoms with van der Waals surface area (Å²) in [4.78, 5) is 2.50. The van der Waals surface area contributed by atoms with Crippen molar-refractivity contribution < 1.29 is 9.84 Å². The lowest BCUT2D eigenvalue weighted by molar-refractivity contribution is 0.153. The summed E-state index contributed by atoms with van der Waals surface area (Å²) in [6, 6.07) is 4.12. The van der Waals surface area contributed by atoms with Crippen LogP contribution >= 0.6 is 15.9 Å². The van der Waals surface area contributed by atoms with E-state index in [1.165, 1.54) is 12.8 Å². The van der Waals surface area contributed by atoms with Gasteiger partial charge < -0.3 is 15.2 Å². The molecule has 1 aromatic rings. The lowest BCUT2D eigenvalue weighted by Crippen LogP contribution is -2.45. The largest absolute Gasteiger partial charge is 0.506 e. The van der Waals surface area contributed by atoms with Crippen LogP contribution < -0.4 is 10.1 Å². The maximum atomic E-state index is 10.5. The molecular formula is C15H21BrN2O2. The molecule has 2 fully saturated rings. The Balaban J connectivity index is 1.96. The summed E-state index contributed by atoms with van der Waals surface area (Å²) in [7, 11) is 1.67. The highest BCUT2D eigenvalue weighted by atomic mass is 79.9. The number of hydrogen-bond acceptors (Lipinski definition) is 4. The van der Waals surface area contributed by atoms with E-state index in [9.17, 15) is 5.11 Å². The van der Waals surface area contributed by atoms with Crippen LogP contribution in [0.1, 0.15) is 24.4 Å². The molecule has 0 aromatic heterocycles. The van der Waals surface area contributed by atoms with Gasteiger partial charge >= 0.3 is 0 Å². The Morgan fingerprint density at radius 3 is 2.65 bits per heavy atom. The van der Waals surface area contributed by atoms with Gasteiger partial charge in [-0.05, 0) is 46.8 Å². The second-order valence-electron chi connectivity index (χ2n) is 5.62. The highest BCUT2D eigenvalue weighted by Crippen LogP contribution is 2.49. The number of piperazine rings is 1. The standard InChI is InChI=1S/C15H21BrN2O2/c1-20-11-8-12(15(19)13(16)9-11)14(10-2-3-10)18-6-4-17-5-7-18/h8-10,14,17,19H,2-7H2,1H3/t14-/m1/s1. The molecule has 5 heteroatoms. The second kappa shape index (κ2) is 5.92. The maximum Gasteiger partial charge on any atom is 0.134 e. The topological polar surface area (TPSA) is 44.7 Å². The van der Waals surface area contributed by atoms with Gasteiger partial charge in [0.15, 0.2) is 0 Å². The van der Waals surface area contributed by atoms with Crippen LogP contribution in [-0.4, -0.2) is 43.3 Å². The fourth-order valence-corrected chi connectivity index (χ4v) is 3.51. The molecule has 1 aliphatic heterocycles. The Hall–Kier alpha value is -0.780. The molecular weight excluding hydrogens is 320 g/mol. The minimum atomic E-state index is 0.309. The fourth-order valence-electron chi connectivity index (χ4n) is 3.06. The average molecular weight is 341 g/mol. The van der Waals surface area contributed by atoms with Crippen molar-refractivity contribution in [3.63, 3.8) is 0 Å². The quantitative estimate of drug-likeness (QED) is 0.883. The summed E-state index contributed by atoms with van der Waals surface area (Å²) in [5.41, 5.74) is 1.00. The Bertz CT molecular complexity index is 485. The highest BCUT2D eigenvalue weighted by molar-refractivity contribution is 9.10. The van der Waals surface area contributed by atoms with Crippen LogP contribution in [0.4, 0.5) is 0 Å². The minimum absolute atomic E-state index is 0.309. The van der Waals surface area contributed by atoms with Gasteiger partial charge in [-0.15, -0.1) is 0 Å². The first-order valence-corrected chi connectivity index (χ1v) is 8.01. The lowest BCUT2D eigenvalue weighted by atomic mass is 9.98. The third-order valence-electron chi connectivity index (χ3n) is 4.23. The normalized spacial score (nSPS) is 21.7. The van der Waals surface area contributed by atoms with E-state index in [4.69, 9.17) is 4.74 Å². The smallest absolute Gasteiger partial charge is 0.134 e. The molecule has 1 heterocycles. The number of phenolic OH excluding ortho intramolecular Hbond substituents is 1. The second-order valence-corrected chi connectivity index (χ2v) is 6.47. The van der Waals surface area contributed by atoms with E-state index in [2.05, 4.69) is 26.1 Å². The van der Waals surface area contributed by atoms with Crippen molar-refractivity contribution in [2.75, 3.05) is 33.3 Å². The van der Waals surface area contributed by atoms with Crippen LogP contribution in [0.25, 0.3) is 0 Å². The molecule has 1 atom stereocenters. The van der Waals surface area contributed by atoms with Gasteiger partial charge in [0.2, 0.25) is 0 Å². The summed E-state index contributed by atoms with van der Waals surface area (Å²) < 4.78 is 6.07. The number of methoxy groups -OCH3 is 1. The van der Waals surface area contributed by atoms with E-state index < -0.39 is 0 Å². The third kappa shape index (κ3) is 2.80. The number of phenols is 1. The molecule has 1 aromatic carbocycles. The molecule has 1 aliphatic carbocycles. The maximum absolute atomic E-state index is 10.5. The number of benzene rings is 1. The van der Waals surface area contributed by atoms with Crippen LogP contribution in [0, 0.1) is 5.92 Å². The Labute approximate surface area is 128 Å². The molecule has 110 valence electrons. The molecule has 2 N–H and O–H groups in total. The molecule has 0 spiro atoms. The first-order chi connectivity index (χ1) is 9.70. The van der Waals surface area contributed by atoms with Crippen molar-refractivity contribution in [1.82, 2.24) is 10.2 Å². The van der Waals surface area contributed by atoms with Gasteiger partial charge in [-0.2, -0.15) is 0 Å². The van der Waals surface area contributed by atoms with Crippen LogP contribution in [0.5, 0.6) is 11.5 Å². The van der Waals surface area contributed by atoms with E-state index in [0.29, 0.717) is 22.2 Å². The van der Waals surface area contributed by atoms with E-state index in [1.54, 1.807) is 7.11 Å². The van der Waals surface area contributed by atoms with Crippen molar-refractivity contribution in [1.29, 1.82) is 0 Å². The zero-order valence-electron chi connectivity index (χ0n) is 11.7. The summed E-state index contributed by atoms with van der Waals surface area (Å²) in [5, 5.41) is 13.8. The molecule has 0 radical (unpaired) electrons. The van der Waals surface area contributed by atoms with Crippen LogP contribution in [0.3, 0.4) is 0 Å². The molecule has 20 heavy (non-hydrogen) atoms. The van der Waals surface area contributed by atoms with Gasteiger partial charge in [0.25, 0.3) is 0 Å². The van der Waals surface area contributed by atoms with Crippen molar-refractivity contribution >= 4 is 15.9 Å². The number of halogens is 1. The van der Waals surface area contributed by atoms with Crippen LogP contribution in [0.2, 0.25) is 0 Å². The first-order valence-electron chi connectivity index (χ1n) is 7.22. The summed E-state index contributed by atoms with van der Waals surface area (Å²) >= 11 is 3.44. The number of aromatic hydroxyl groups is 1. The molecule has 1 saturated heterocycles. The highest BCUT2D eigenvalue weighted by Gasteiger charge is 2.38. The zero-order valence-corrected chi connectivity index (χ0v) is 13.3. The number of rotatable bonds is 4. The van der Waals surface area contributed by atoms with Gasteiger partial charge in [-0.25, -0.2) is 0 Å². The predicted octanol–water partition coefficient (Wildman–Crippen LogP) is 2.52. The van der Waals surface area contributed by atoms with Gasteiger partial charge in [-0.1, -0.05) is 0 Å². The van der Waals surface area contributed by atoms with Crippen LogP contribution in [0.15, 0.2) is 16.6 Å². The van der Waals surface area contributed by atoms with Gasteiger partial charge in [0.05, 0.1) is 11.6 Å². The number of hydrogen-bond donors (Lipinski definition) is 2. The van der Waals surface area contributed by atoms with Gasteiger partial charge in [-0.3, -0.25) is 4.90 Å². The Morgan fingerprint density at radius 1 is 1.35 bits per heavy atom. The van der Waals surface area contributed by atoms with Crippen molar-refractivity contribution in [2.24, 2.45) is 5.92 Å². The number of ether oxygens (including phenoxy) is 1. The molecule has 1 saturated carbocycles. The SMILES string of the molecule is COc1cc(Br)c(O)c([C@@H](C2CC2)N2CCNCC2)c1. The molecule has 2 aliphatic rings. The van der Waals surface area contributed by atoms with Crippen molar-refractivity contribution in [3.05, 3.63) is 22.2 Å². The molecule has 0 bridgehead atoms. The van der Waals surface area contributed by atoms with E-state index in [-0.39, 0.29) is 0 Å². The summed E-state index contributed by atoms with van der Waals surface area (Å²) in [6.07, 6.45) is 2.51. The summed E-state index contributed by atoms with van der Waals surface area (Å²) in [6.45, 7) is 4.12. The molecule has 3 rings (SSSR count). The van der Waals surface area contributed by atoms with Crippen molar-refractivity contribution in [3.8, 4) is 11.5 Å². The average Bonchev–Trinajstić information content (AvgIpc) is 3.29. The third-order valence-corrected chi connectivity index (χ3v) is 4.84. The number of nitrogens with zero attached hydrogens (tertiary/aromatic N) is 1. The Kier molecular flexibility index (Phi) is 4.19. The first kappa shape index (κ1) is 14.2. The lowest BCUT2D eigenvalue weighted by Gasteiger charge is -2.36. The molecule has 0 unspecified atom stereocenters.